The largest absolute Gasteiger partial charge is 0.481 e. The van der Waals surface area contributed by atoms with E-state index in [9.17, 15) is 52.7 Å². The van der Waals surface area contributed by atoms with Gasteiger partial charge in [-0.2, -0.15) is 52.7 Å². The van der Waals surface area contributed by atoms with Crippen molar-refractivity contribution in [3.63, 3.8) is 0 Å². The number of rotatable bonds is 4. The van der Waals surface area contributed by atoms with Gasteiger partial charge in [-0.05, 0) is 30.3 Å². The summed E-state index contributed by atoms with van der Waals surface area (Å²) in [5.41, 5.74) is -9.11. The molecule has 15 heteroatoms. The Hall–Kier alpha value is -3.02. The molecule has 200 valence electrons. The van der Waals surface area contributed by atoms with Crippen LogP contribution in [0.3, 0.4) is 0 Å². The van der Waals surface area contributed by atoms with Gasteiger partial charge in [-0.15, -0.1) is 0 Å². The Bertz CT molecular complexity index is 1140. The Balaban J connectivity index is 2.66. The van der Waals surface area contributed by atoms with Crippen molar-refractivity contribution < 1.29 is 57.4 Å². The van der Waals surface area contributed by atoms with E-state index in [0.29, 0.717) is 12.1 Å². The molecule has 0 aliphatic carbocycles. The van der Waals surface area contributed by atoms with Gasteiger partial charge in [-0.25, -0.2) is 4.98 Å². The highest BCUT2D eigenvalue weighted by atomic mass is 31.1. The molecule has 1 heterocycles. The first kappa shape index (κ1) is 28.5. The van der Waals surface area contributed by atoms with Gasteiger partial charge in [0.2, 0.25) is 5.88 Å². The van der Waals surface area contributed by atoms with Gasteiger partial charge in [-0.3, -0.25) is 0 Å². The third kappa shape index (κ3) is 5.94. The highest BCUT2D eigenvalue weighted by molar-refractivity contribution is 7.80. The second-order valence-corrected chi connectivity index (χ2v) is 9.29. The first-order valence-corrected chi connectivity index (χ1v) is 11.1. The molecular weight excluding hydrogens is 553 g/mol. The average molecular weight is 565 g/mol. The Morgan fingerprint density at radius 1 is 0.541 bits per heavy atom. The van der Waals surface area contributed by atoms with Gasteiger partial charge < -0.3 is 4.74 Å². The molecule has 2 nitrogen and oxygen atoms in total. The maximum Gasteiger partial charge on any atom is 0.417 e. The smallest absolute Gasteiger partial charge is 0.417 e. The van der Waals surface area contributed by atoms with Gasteiger partial charge in [0.05, 0.1) is 34.8 Å². The normalized spacial score (nSPS) is 13.2. The van der Waals surface area contributed by atoms with E-state index in [1.165, 1.54) is 0 Å². The maximum absolute atomic E-state index is 14.0. The van der Waals surface area contributed by atoms with Crippen molar-refractivity contribution in [1.82, 2.24) is 4.98 Å². The molecule has 0 saturated heterocycles. The van der Waals surface area contributed by atoms with Crippen LogP contribution in [0.25, 0.3) is 0 Å². The highest BCUT2D eigenvalue weighted by Gasteiger charge is 2.49. The summed E-state index contributed by atoms with van der Waals surface area (Å²) in [4.78, 5) is 3.67. The van der Waals surface area contributed by atoms with Crippen molar-refractivity contribution in [2.75, 3.05) is 7.11 Å². The molecule has 0 saturated carbocycles. The Labute approximate surface area is 201 Å². The van der Waals surface area contributed by atoms with E-state index in [1.807, 2.05) is 0 Å². The fraction of sp³-hybridized carbons (Fsp3) is 0.227. The number of nitrogens with zero attached hydrogens (tertiary/aromatic N) is 1. The summed E-state index contributed by atoms with van der Waals surface area (Å²) >= 11 is 0. The number of ether oxygens (including phenoxy) is 1. The minimum atomic E-state index is -5.58. The lowest BCUT2D eigenvalue weighted by molar-refractivity contribution is -0.142. The maximum atomic E-state index is 14.0. The molecule has 0 fully saturated rings. The number of hydrogen-bond donors (Lipinski definition) is 0. The molecule has 3 aromatic rings. The van der Waals surface area contributed by atoms with Crippen LogP contribution in [-0.4, -0.2) is 12.1 Å². The number of alkyl halides is 12. The van der Waals surface area contributed by atoms with Crippen molar-refractivity contribution in [3.05, 3.63) is 76.9 Å². The first-order chi connectivity index (χ1) is 16.9. The second-order valence-electron chi connectivity index (χ2n) is 7.27. The summed E-state index contributed by atoms with van der Waals surface area (Å²) < 4.78 is 172. The van der Waals surface area contributed by atoms with Crippen LogP contribution in [0.1, 0.15) is 22.3 Å². The van der Waals surface area contributed by atoms with Crippen LogP contribution in [0.2, 0.25) is 0 Å². The molecule has 0 unspecified atom stereocenters. The van der Waals surface area contributed by atoms with Gasteiger partial charge in [-0.1, -0.05) is 18.2 Å². The number of methoxy groups -OCH3 is 1. The molecule has 2 aromatic carbocycles. The lowest BCUT2D eigenvalue weighted by atomic mass is 10.1. The molecule has 0 amide bonds. The zero-order valence-corrected chi connectivity index (χ0v) is 18.9. The fourth-order valence-electron chi connectivity index (χ4n) is 3.47. The van der Waals surface area contributed by atoms with Crippen LogP contribution in [0.15, 0.2) is 54.6 Å². The van der Waals surface area contributed by atoms with Gasteiger partial charge in [0, 0.05) is 24.6 Å². The van der Waals surface area contributed by atoms with Crippen molar-refractivity contribution in [1.29, 1.82) is 0 Å². The summed E-state index contributed by atoms with van der Waals surface area (Å²) in [5.74, 6) is -0.457. The molecule has 0 radical (unpaired) electrons. The molecule has 37 heavy (non-hydrogen) atoms. The molecule has 0 aliphatic heterocycles. The van der Waals surface area contributed by atoms with E-state index >= 15 is 0 Å². The SMILES string of the molecule is COc1cccc(P(c2c(C(F)(F)F)cccc2C(F)(F)F)c2c(C(F)(F)F)cccc2C(F)(F)F)n1. The van der Waals surface area contributed by atoms with Crippen LogP contribution in [0, 0.1) is 0 Å². The molecule has 0 spiro atoms. The minimum Gasteiger partial charge on any atom is -0.481 e. The van der Waals surface area contributed by atoms with Crippen LogP contribution in [0.4, 0.5) is 52.7 Å². The third-order valence-corrected chi connectivity index (χ3v) is 7.45. The Kier molecular flexibility index (Phi) is 7.48. The minimum absolute atomic E-state index is 0.156. The zero-order valence-electron chi connectivity index (χ0n) is 18.0. The lowest BCUT2D eigenvalue weighted by Crippen LogP contribution is -2.38. The lowest BCUT2D eigenvalue weighted by Gasteiger charge is -2.30. The van der Waals surface area contributed by atoms with E-state index in [4.69, 9.17) is 4.74 Å². The average Bonchev–Trinajstić information content (AvgIpc) is 2.77. The van der Waals surface area contributed by atoms with Gasteiger partial charge >= 0.3 is 24.7 Å². The van der Waals surface area contributed by atoms with E-state index in [-0.39, 0.29) is 24.3 Å². The molecular formula is C22H12F12NOP. The molecule has 1 aromatic heterocycles. The first-order valence-electron chi connectivity index (χ1n) is 9.73. The summed E-state index contributed by atoms with van der Waals surface area (Å²) in [6, 6.07) is 4.14. The van der Waals surface area contributed by atoms with Crippen LogP contribution < -0.4 is 20.8 Å². The Morgan fingerprint density at radius 2 is 0.865 bits per heavy atom. The number of benzene rings is 2. The summed E-state index contributed by atoms with van der Waals surface area (Å²) in [6.45, 7) is 0. The van der Waals surface area contributed by atoms with Crippen LogP contribution >= 0.6 is 7.92 Å². The summed E-state index contributed by atoms with van der Waals surface area (Å²) in [6.07, 6.45) is -22.3. The van der Waals surface area contributed by atoms with Crippen LogP contribution in [-0.2, 0) is 24.7 Å². The van der Waals surface area contributed by atoms with Gasteiger partial charge in [0.1, 0.15) is 0 Å². The van der Waals surface area contributed by atoms with E-state index in [1.54, 1.807) is 0 Å². The van der Waals surface area contributed by atoms with Gasteiger partial charge in [0.25, 0.3) is 0 Å². The number of hydrogen-bond acceptors (Lipinski definition) is 2. The van der Waals surface area contributed by atoms with Crippen molar-refractivity contribution >= 4 is 24.0 Å². The number of halogens is 12. The highest BCUT2D eigenvalue weighted by Crippen LogP contribution is 2.49. The molecule has 0 bridgehead atoms. The van der Waals surface area contributed by atoms with Crippen molar-refractivity contribution in [3.8, 4) is 5.88 Å². The second kappa shape index (κ2) is 9.70. The third-order valence-electron chi connectivity index (χ3n) is 4.89. The number of pyridine rings is 1. The molecule has 3 rings (SSSR count). The van der Waals surface area contributed by atoms with Crippen LogP contribution in [0.5, 0.6) is 5.88 Å². The Morgan fingerprint density at radius 3 is 1.16 bits per heavy atom. The predicted octanol–water partition coefficient (Wildman–Crippen LogP) is 6.92. The monoisotopic (exact) mass is 565 g/mol. The van der Waals surface area contributed by atoms with E-state index in [2.05, 4.69) is 4.98 Å². The van der Waals surface area contributed by atoms with Crippen molar-refractivity contribution in [2.24, 2.45) is 0 Å². The summed E-state index contributed by atoms with van der Waals surface area (Å²) in [5, 5.41) is -3.61. The zero-order chi connectivity index (χ0) is 28.0. The van der Waals surface area contributed by atoms with E-state index in [0.717, 1.165) is 25.3 Å². The quantitative estimate of drug-likeness (QED) is 0.253. The topological polar surface area (TPSA) is 22.1 Å². The number of aromatic nitrogens is 1. The summed E-state index contributed by atoms with van der Waals surface area (Å²) in [7, 11) is -2.89. The predicted molar refractivity (Wildman–Crippen MR) is 110 cm³/mol. The van der Waals surface area contributed by atoms with Gasteiger partial charge in [0.15, 0.2) is 0 Å². The molecule has 0 atom stereocenters. The van der Waals surface area contributed by atoms with E-state index < -0.39 is 76.8 Å². The molecule has 0 N–H and O–H groups in total. The fourth-order valence-corrected chi connectivity index (χ4v) is 6.35. The van der Waals surface area contributed by atoms with Crippen molar-refractivity contribution in [2.45, 2.75) is 24.7 Å². The molecule has 0 aliphatic rings. The standard InChI is InChI=1S/C22H12F12NOP/c1-36-15-9-4-10-16(35-15)37(17-11(19(23,24)25)5-2-6-12(17)20(26,27)28)18-13(21(29,30)31)7-3-8-14(18)22(32,33)34/h2-10H,1H3.